The minimum absolute atomic E-state index is 0.293. The second kappa shape index (κ2) is 6.66. The Bertz CT molecular complexity index is 294. The summed E-state index contributed by atoms with van der Waals surface area (Å²) in [5.41, 5.74) is 1.29. The van der Waals surface area contributed by atoms with Crippen molar-refractivity contribution in [2.24, 2.45) is 7.05 Å². The zero-order valence-electron chi connectivity index (χ0n) is 10.7. The molecule has 1 rings (SSSR count). The first-order valence-electron chi connectivity index (χ1n) is 5.88. The van der Waals surface area contributed by atoms with E-state index in [-0.39, 0.29) is 0 Å². The highest BCUT2D eigenvalue weighted by Gasteiger charge is 2.17. The van der Waals surface area contributed by atoms with Crippen molar-refractivity contribution >= 4 is 0 Å². The van der Waals surface area contributed by atoms with Crippen LogP contribution in [0.5, 0.6) is 0 Å². The van der Waals surface area contributed by atoms with Crippen LogP contribution < -0.4 is 5.32 Å². The first-order chi connectivity index (χ1) is 7.71. The van der Waals surface area contributed by atoms with Crippen LogP contribution in [0.4, 0.5) is 0 Å². The Morgan fingerprint density at radius 3 is 2.75 bits per heavy atom. The summed E-state index contributed by atoms with van der Waals surface area (Å²) in [6.07, 6.45) is 7.45. The van der Waals surface area contributed by atoms with E-state index in [1.54, 1.807) is 7.11 Å². The standard InChI is InChI=1S/C12H23N3O/c1-5-12(16-4)11(13-2)7-6-10-8-14-15(3)9-10/h8-9,11-13H,5-7H2,1-4H3. The summed E-state index contributed by atoms with van der Waals surface area (Å²) in [6, 6.07) is 0.412. The number of aromatic nitrogens is 2. The quantitative estimate of drug-likeness (QED) is 0.761. The van der Waals surface area contributed by atoms with Crippen LogP contribution >= 0.6 is 0 Å². The average molecular weight is 225 g/mol. The molecule has 0 radical (unpaired) electrons. The molecule has 0 aliphatic heterocycles. The molecule has 0 saturated carbocycles. The molecule has 1 N–H and O–H groups in total. The monoisotopic (exact) mass is 225 g/mol. The minimum atomic E-state index is 0.293. The van der Waals surface area contributed by atoms with Gasteiger partial charge in [0.05, 0.1) is 12.3 Å². The minimum Gasteiger partial charge on any atom is -0.380 e. The first kappa shape index (κ1) is 13.2. The van der Waals surface area contributed by atoms with Crippen LogP contribution in [0.2, 0.25) is 0 Å². The van der Waals surface area contributed by atoms with E-state index in [9.17, 15) is 0 Å². The molecule has 0 aliphatic carbocycles. The predicted molar refractivity (Wildman–Crippen MR) is 65.5 cm³/mol. The molecule has 0 saturated heterocycles. The summed E-state index contributed by atoms with van der Waals surface area (Å²) in [7, 11) is 5.72. The van der Waals surface area contributed by atoms with Crippen LogP contribution in [0.15, 0.2) is 12.4 Å². The van der Waals surface area contributed by atoms with Crippen molar-refractivity contribution in [1.29, 1.82) is 0 Å². The van der Waals surface area contributed by atoms with Gasteiger partial charge in [0.15, 0.2) is 0 Å². The molecule has 1 aromatic rings. The molecule has 1 heterocycles. The number of ether oxygens (including phenoxy) is 1. The molecule has 0 bridgehead atoms. The second-order valence-electron chi connectivity index (χ2n) is 4.14. The molecule has 2 atom stereocenters. The lowest BCUT2D eigenvalue weighted by atomic mass is 10.0. The maximum absolute atomic E-state index is 5.46. The van der Waals surface area contributed by atoms with Crippen LogP contribution in [0.25, 0.3) is 0 Å². The molecule has 0 aliphatic rings. The molecule has 16 heavy (non-hydrogen) atoms. The van der Waals surface area contributed by atoms with Crippen molar-refractivity contribution in [2.75, 3.05) is 14.2 Å². The van der Waals surface area contributed by atoms with E-state index >= 15 is 0 Å². The Labute approximate surface area is 98.0 Å². The number of likely N-dealkylation sites (N-methyl/N-ethyl adjacent to an activating group) is 1. The third-order valence-corrected chi connectivity index (χ3v) is 3.03. The van der Waals surface area contributed by atoms with Gasteiger partial charge < -0.3 is 10.1 Å². The van der Waals surface area contributed by atoms with E-state index in [0.717, 1.165) is 19.3 Å². The molecule has 4 heteroatoms. The number of hydrogen-bond acceptors (Lipinski definition) is 3. The largest absolute Gasteiger partial charge is 0.380 e. The number of methoxy groups -OCH3 is 1. The van der Waals surface area contributed by atoms with Gasteiger partial charge in [0.1, 0.15) is 0 Å². The summed E-state index contributed by atoms with van der Waals surface area (Å²) in [5.74, 6) is 0. The molecule has 0 aromatic carbocycles. The van der Waals surface area contributed by atoms with Gasteiger partial charge in [-0.15, -0.1) is 0 Å². The lowest BCUT2D eigenvalue weighted by molar-refractivity contribution is 0.0651. The number of aryl methyl sites for hydroxylation is 2. The van der Waals surface area contributed by atoms with Gasteiger partial charge in [-0.25, -0.2) is 0 Å². The third kappa shape index (κ3) is 3.61. The topological polar surface area (TPSA) is 39.1 Å². The van der Waals surface area contributed by atoms with Gasteiger partial charge in [-0.3, -0.25) is 4.68 Å². The maximum atomic E-state index is 5.46. The van der Waals surface area contributed by atoms with Crippen LogP contribution in [0.3, 0.4) is 0 Å². The van der Waals surface area contributed by atoms with Gasteiger partial charge in [0, 0.05) is 26.4 Å². The molecule has 92 valence electrons. The fraction of sp³-hybridized carbons (Fsp3) is 0.750. The Morgan fingerprint density at radius 1 is 1.56 bits per heavy atom. The normalized spacial score (nSPS) is 15.0. The van der Waals surface area contributed by atoms with Crippen molar-refractivity contribution in [3.63, 3.8) is 0 Å². The van der Waals surface area contributed by atoms with E-state index in [0.29, 0.717) is 12.1 Å². The summed E-state index contributed by atoms with van der Waals surface area (Å²) >= 11 is 0. The van der Waals surface area contributed by atoms with Gasteiger partial charge in [-0.1, -0.05) is 6.92 Å². The molecule has 2 unspecified atom stereocenters. The Kier molecular flexibility index (Phi) is 5.49. The zero-order valence-corrected chi connectivity index (χ0v) is 10.7. The van der Waals surface area contributed by atoms with Crippen LogP contribution in [-0.2, 0) is 18.2 Å². The SMILES string of the molecule is CCC(OC)C(CCc1cnn(C)c1)NC. The summed E-state index contributed by atoms with van der Waals surface area (Å²) in [4.78, 5) is 0. The molecule has 4 nitrogen and oxygen atoms in total. The highest BCUT2D eigenvalue weighted by Crippen LogP contribution is 2.10. The summed E-state index contributed by atoms with van der Waals surface area (Å²) in [6.45, 7) is 2.16. The van der Waals surface area contributed by atoms with Gasteiger partial charge >= 0.3 is 0 Å². The number of hydrogen-bond donors (Lipinski definition) is 1. The van der Waals surface area contributed by atoms with E-state index in [4.69, 9.17) is 4.74 Å². The number of nitrogens with one attached hydrogen (secondary N) is 1. The summed E-state index contributed by atoms with van der Waals surface area (Å²) < 4.78 is 7.31. The smallest absolute Gasteiger partial charge is 0.0721 e. The van der Waals surface area contributed by atoms with E-state index in [1.807, 2.05) is 25.0 Å². The van der Waals surface area contributed by atoms with Crippen LogP contribution in [0.1, 0.15) is 25.3 Å². The summed E-state index contributed by atoms with van der Waals surface area (Å²) in [5, 5.41) is 7.50. The Morgan fingerprint density at radius 2 is 2.31 bits per heavy atom. The first-order valence-corrected chi connectivity index (χ1v) is 5.88. The number of nitrogens with zero attached hydrogens (tertiary/aromatic N) is 2. The second-order valence-corrected chi connectivity index (χ2v) is 4.14. The van der Waals surface area contributed by atoms with Crippen molar-refractivity contribution < 1.29 is 4.74 Å². The molecular formula is C12H23N3O. The van der Waals surface area contributed by atoms with E-state index in [2.05, 4.69) is 23.5 Å². The lowest BCUT2D eigenvalue weighted by Gasteiger charge is -2.24. The van der Waals surface area contributed by atoms with Crippen molar-refractivity contribution in [3.05, 3.63) is 18.0 Å². The molecular weight excluding hydrogens is 202 g/mol. The highest BCUT2D eigenvalue weighted by atomic mass is 16.5. The zero-order chi connectivity index (χ0) is 12.0. The lowest BCUT2D eigenvalue weighted by Crippen LogP contribution is -2.38. The maximum Gasteiger partial charge on any atom is 0.0721 e. The Balaban J connectivity index is 2.44. The average Bonchev–Trinajstić information content (AvgIpc) is 2.70. The van der Waals surface area contributed by atoms with Crippen molar-refractivity contribution in [2.45, 2.75) is 38.3 Å². The predicted octanol–water partition coefficient (Wildman–Crippen LogP) is 1.37. The van der Waals surface area contributed by atoms with Crippen LogP contribution in [0, 0.1) is 0 Å². The fourth-order valence-corrected chi connectivity index (χ4v) is 2.05. The fourth-order valence-electron chi connectivity index (χ4n) is 2.05. The van der Waals surface area contributed by atoms with E-state index < -0.39 is 0 Å². The molecule has 1 aromatic heterocycles. The third-order valence-electron chi connectivity index (χ3n) is 3.03. The van der Waals surface area contributed by atoms with E-state index in [1.165, 1.54) is 5.56 Å². The molecule has 0 amide bonds. The Hall–Kier alpha value is -0.870. The van der Waals surface area contributed by atoms with Crippen LogP contribution in [-0.4, -0.2) is 36.1 Å². The molecule has 0 fully saturated rings. The van der Waals surface area contributed by atoms with Crippen molar-refractivity contribution in [1.82, 2.24) is 15.1 Å². The number of rotatable bonds is 7. The van der Waals surface area contributed by atoms with Crippen molar-refractivity contribution in [3.8, 4) is 0 Å². The molecule has 0 spiro atoms. The van der Waals surface area contributed by atoms with Gasteiger partial charge in [0.25, 0.3) is 0 Å². The van der Waals surface area contributed by atoms with Gasteiger partial charge in [-0.05, 0) is 31.9 Å². The van der Waals surface area contributed by atoms with Gasteiger partial charge in [-0.2, -0.15) is 5.10 Å². The highest BCUT2D eigenvalue weighted by molar-refractivity contribution is 5.04. The van der Waals surface area contributed by atoms with Gasteiger partial charge in [0.2, 0.25) is 0 Å².